The maximum atomic E-state index is 12.6. The number of rotatable bonds is 2. The Labute approximate surface area is 140 Å². The highest BCUT2D eigenvalue weighted by molar-refractivity contribution is 7.94. The first kappa shape index (κ1) is 17.9. The van der Waals surface area contributed by atoms with Crippen molar-refractivity contribution < 1.29 is 14.1 Å². The molecule has 2 rings (SSSR count). The second kappa shape index (κ2) is 6.20. The number of carbonyl (C=O) groups excluding carboxylic acids is 1. The Morgan fingerprint density at radius 1 is 1.35 bits per heavy atom. The van der Waals surface area contributed by atoms with Gasteiger partial charge < -0.3 is 9.29 Å². The van der Waals surface area contributed by atoms with Crippen LogP contribution in [0.3, 0.4) is 0 Å². The van der Waals surface area contributed by atoms with Crippen molar-refractivity contribution in [1.29, 1.82) is 0 Å². The van der Waals surface area contributed by atoms with Gasteiger partial charge in [-0.2, -0.15) is 4.31 Å². The second-order valence-electron chi connectivity index (χ2n) is 7.53. The number of ether oxygens (including phenoxy) is 1. The van der Waals surface area contributed by atoms with E-state index in [0.717, 1.165) is 17.8 Å². The van der Waals surface area contributed by atoms with Crippen LogP contribution in [0.25, 0.3) is 0 Å². The molecule has 1 amide bonds. The SMILES string of the molecule is CC(C)(C)OC(=O)Nc1cnc2c(c1)N([S+]([O-])C(C)(C)C)CC2. The average molecular weight is 339 g/mol. The summed E-state index contributed by atoms with van der Waals surface area (Å²) in [5, 5.41) is 2.68. The van der Waals surface area contributed by atoms with Crippen LogP contribution in [0.2, 0.25) is 0 Å². The third-order valence-electron chi connectivity index (χ3n) is 3.14. The highest BCUT2D eigenvalue weighted by atomic mass is 32.2. The topological polar surface area (TPSA) is 77.5 Å². The van der Waals surface area contributed by atoms with Crippen molar-refractivity contribution in [1.82, 2.24) is 4.98 Å². The molecule has 1 unspecified atom stereocenters. The van der Waals surface area contributed by atoms with Crippen molar-refractivity contribution in [3.05, 3.63) is 18.0 Å². The van der Waals surface area contributed by atoms with Gasteiger partial charge in [0.15, 0.2) is 0 Å². The van der Waals surface area contributed by atoms with Gasteiger partial charge in [0.05, 0.1) is 35.5 Å². The highest BCUT2D eigenvalue weighted by Gasteiger charge is 2.38. The predicted molar refractivity (Wildman–Crippen MR) is 93.0 cm³/mol. The molecule has 1 aromatic heterocycles. The molecule has 7 heteroatoms. The molecule has 1 aromatic rings. The Balaban J connectivity index is 2.17. The number of nitrogens with zero attached hydrogens (tertiary/aromatic N) is 2. The molecule has 0 aromatic carbocycles. The summed E-state index contributed by atoms with van der Waals surface area (Å²) in [4.78, 5) is 16.2. The van der Waals surface area contributed by atoms with Gasteiger partial charge in [0.1, 0.15) is 16.0 Å². The smallest absolute Gasteiger partial charge is 0.412 e. The molecule has 6 nitrogen and oxygen atoms in total. The second-order valence-corrected chi connectivity index (χ2v) is 9.69. The van der Waals surface area contributed by atoms with Crippen LogP contribution in [0.15, 0.2) is 12.3 Å². The van der Waals surface area contributed by atoms with Crippen LogP contribution in [-0.4, -0.2) is 32.5 Å². The molecule has 1 atom stereocenters. The Morgan fingerprint density at radius 3 is 2.57 bits per heavy atom. The van der Waals surface area contributed by atoms with E-state index in [-0.39, 0.29) is 4.75 Å². The van der Waals surface area contributed by atoms with Crippen molar-refractivity contribution in [3.63, 3.8) is 0 Å². The number of carbonyl (C=O) groups is 1. The first-order chi connectivity index (χ1) is 10.5. The van der Waals surface area contributed by atoms with E-state index in [1.54, 1.807) is 6.20 Å². The summed E-state index contributed by atoms with van der Waals surface area (Å²) in [5.41, 5.74) is 1.69. The predicted octanol–water partition coefficient (Wildman–Crippen LogP) is 3.25. The minimum atomic E-state index is -1.16. The lowest BCUT2D eigenvalue weighted by Crippen LogP contribution is -2.42. The summed E-state index contributed by atoms with van der Waals surface area (Å²) >= 11 is -1.16. The van der Waals surface area contributed by atoms with Gasteiger partial charge in [-0.1, -0.05) is 0 Å². The number of anilines is 2. The fraction of sp³-hybridized carbons (Fsp3) is 0.625. The fourth-order valence-corrected chi connectivity index (χ4v) is 3.47. The summed E-state index contributed by atoms with van der Waals surface area (Å²) in [6.45, 7) is 11.9. The first-order valence-electron chi connectivity index (χ1n) is 7.66. The van der Waals surface area contributed by atoms with E-state index < -0.39 is 23.1 Å². The normalized spacial score (nSPS) is 16.0. The fourth-order valence-electron chi connectivity index (χ4n) is 2.21. The summed E-state index contributed by atoms with van der Waals surface area (Å²) in [6.07, 6.45) is 1.83. The van der Waals surface area contributed by atoms with Crippen LogP contribution in [0, 0.1) is 0 Å². The van der Waals surface area contributed by atoms with Crippen molar-refractivity contribution in [2.45, 2.75) is 58.3 Å². The van der Waals surface area contributed by atoms with E-state index in [1.807, 2.05) is 51.9 Å². The van der Waals surface area contributed by atoms with E-state index in [2.05, 4.69) is 10.3 Å². The largest absolute Gasteiger partial charge is 0.593 e. The van der Waals surface area contributed by atoms with E-state index in [4.69, 9.17) is 4.74 Å². The zero-order valence-electron chi connectivity index (χ0n) is 14.6. The van der Waals surface area contributed by atoms with Crippen molar-refractivity contribution in [2.24, 2.45) is 0 Å². The summed E-state index contributed by atoms with van der Waals surface area (Å²) in [7, 11) is 0. The maximum Gasteiger partial charge on any atom is 0.412 e. The molecule has 1 aliphatic rings. The van der Waals surface area contributed by atoms with Crippen molar-refractivity contribution in [3.8, 4) is 0 Å². The van der Waals surface area contributed by atoms with E-state index in [0.29, 0.717) is 12.2 Å². The molecule has 0 bridgehead atoms. The number of hydrogen-bond donors (Lipinski definition) is 1. The Kier molecular flexibility index (Phi) is 4.82. The lowest BCUT2D eigenvalue weighted by atomic mass is 10.2. The van der Waals surface area contributed by atoms with Crippen LogP contribution in [0.1, 0.15) is 47.2 Å². The number of aromatic nitrogens is 1. The zero-order valence-corrected chi connectivity index (χ0v) is 15.4. The maximum absolute atomic E-state index is 12.6. The molecule has 0 fully saturated rings. The molecular formula is C16H25N3O3S. The van der Waals surface area contributed by atoms with E-state index in [1.165, 1.54) is 0 Å². The third kappa shape index (κ3) is 4.51. The molecule has 0 spiro atoms. The first-order valence-corrected chi connectivity index (χ1v) is 8.76. The van der Waals surface area contributed by atoms with Gasteiger partial charge in [-0.05, 0) is 47.6 Å². The van der Waals surface area contributed by atoms with Gasteiger partial charge in [0.25, 0.3) is 0 Å². The lowest BCUT2D eigenvalue weighted by molar-refractivity contribution is 0.0636. The highest BCUT2D eigenvalue weighted by Crippen LogP contribution is 2.34. The molecule has 1 aliphatic heterocycles. The molecule has 0 saturated carbocycles. The van der Waals surface area contributed by atoms with Crippen LogP contribution < -0.4 is 9.62 Å². The van der Waals surface area contributed by atoms with Crippen molar-refractivity contribution >= 4 is 28.8 Å². The number of fused-ring (bicyclic) bond motifs is 1. The third-order valence-corrected chi connectivity index (χ3v) is 4.96. The molecule has 1 N–H and O–H groups in total. The molecule has 0 saturated heterocycles. The van der Waals surface area contributed by atoms with Crippen molar-refractivity contribution in [2.75, 3.05) is 16.2 Å². The quantitative estimate of drug-likeness (QED) is 0.837. The van der Waals surface area contributed by atoms with Gasteiger partial charge in [0.2, 0.25) is 0 Å². The standard InChI is InChI=1S/C16H25N3O3S/c1-15(2,3)22-14(20)18-11-9-13-12(17-10-11)7-8-19(13)23(21)16(4,5)6/h9-10H,7-8H2,1-6H3,(H,18,20). The number of nitrogens with one attached hydrogen (secondary N) is 1. The van der Waals surface area contributed by atoms with E-state index in [9.17, 15) is 9.35 Å². The average Bonchev–Trinajstić information content (AvgIpc) is 2.77. The Hall–Kier alpha value is -1.47. The molecule has 0 radical (unpaired) electrons. The van der Waals surface area contributed by atoms with Gasteiger partial charge in [-0.15, -0.1) is 0 Å². The number of pyridine rings is 1. The number of amides is 1. The molecule has 128 valence electrons. The zero-order chi connectivity index (χ0) is 17.4. The van der Waals surface area contributed by atoms with Gasteiger partial charge in [-0.3, -0.25) is 10.3 Å². The van der Waals surface area contributed by atoms with Crippen LogP contribution in [-0.2, 0) is 22.5 Å². The minimum absolute atomic E-state index is 0.351. The summed E-state index contributed by atoms with van der Waals surface area (Å²) in [6, 6.07) is 1.81. The monoisotopic (exact) mass is 339 g/mol. The van der Waals surface area contributed by atoms with Crippen LogP contribution in [0.5, 0.6) is 0 Å². The summed E-state index contributed by atoms with van der Waals surface area (Å²) < 4.78 is 19.4. The molecule has 23 heavy (non-hydrogen) atoms. The Morgan fingerprint density at radius 2 is 2.00 bits per heavy atom. The Bertz CT molecular complexity index is 593. The van der Waals surface area contributed by atoms with Gasteiger partial charge in [-0.25, -0.2) is 4.79 Å². The summed E-state index contributed by atoms with van der Waals surface area (Å²) in [5.74, 6) is 0. The number of hydrogen-bond acceptors (Lipinski definition) is 5. The van der Waals surface area contributed by atoms with Crippen LogP contribution >= 0.6 is 0 Å². The lowest BCUT2D eigenvalue weighted by Gasteiger charge is -2.31. The van der Waals surface area contributed by atoms with Gasteiger partial charge in [0, 0.05) is 6.42 Å². The van der Waals surface area contributed by atoms with Gasteiger partial charge >= 0.3 is 6.09 Å². The van der Waals surface area contributed by atoms with Crippen LogP contribution in [0.4, 0.5) is 16.2 Å². The minimum Gasteiger partial charge on any atom is -0.593 e. The molecule has 0 aliphatic carbocycles. The molecular weight excluding hydrogens is 314 g/mol. The van der Waals surface area contributed by atoms with E-state index >= 15 is 0 Å². The molecule has 2 heterocycles.